The molecule has 0 radical (unpaired) electrons. The van der Waals surface area contributed by atoms with Crippen LogP contribution in [0, 0.1) is 0 Å². The predicted molar refractivity (Wildman–Crippen MR) is 71.3 cm³/mol. The van der Waals surface area contributed by atoms with Crippen molar-refractivity contribution in [1.29, 1.82) is 0 Å². The summed E-state index contributed by atoms with van der Waals surface area (Å²) < 4.78 is 37.6. The van der Waals surface area contributed by atoms with E-state index in [4.69, 9.17) is 11.6 Å². The number of thiophene rings is 1. The molecule has 0 saturated carbocycles. The molecule has 2 aromatic rings. The lowest BCUT2D eigenvalue weighted by molar-refractivity contribution is -0.137. The van der Waals surface area contributed by atoms with E-state index in [1.54, 1.807) is 6.07 Å². The lowest BCUT2D eigenvalue weighted by Gasteiger charge is -2.09. The Morgan fingerprint density at radius 2 is 1.95 bits per heavy atom. The largest absolute Gasteiger partial charge is 0.416 e. The van der Waals surface area contributed by atoms with E-state index >= 15 is 0 Å². The summed E-state index contributed by atoms with van der Waals surface area (Å²) in [6.45, 7) is 0.979. The fourth-order valence-corrected chi connectivity index (χ4v) is 2.68. The Morgan fingerprint density at radius 3 is 2.58 bits per heavy atom. The predicted octanol–water partition coefficient (Wildman–Crippen LogP) is 4.71. The molecule has 102 valence electrons. The van der Waals surface area contributed by atoms with Crippen LogP contribution in [0.4, 0.5) is 13.2 Å². The Labute approximate surface area is 118 Å². The molecule has 0 atom stereocenters. The Bertz CT molecular complexity index is 551. The van der Waals surface area contributed by atoms with Crippen molar-refractivity contribution in [2.75, 3.05) is 0 Å². The van der Waals surface area contributed by atoms with Crippen LogP contribution < -0.4 is 5.32 Å². The van der Waals surface area contributed by atoms with Crippen molar-refractivity contribution in [2.45, 2.75) is 19.3 Å². The second-order valence-corrected chi connectivity index (χ2v) is 5.47. The van der Waals surface area contributed by atoms with Gasteiger partial charge in [0.25, 0.3) is 0 Å². The average Bonchev–Trinajstić information content (AvgIpc) is 2.74. The lowest BCUT2D eigenvalue weighted by atomic mass is 10.1. The van der Waals surface area contributed by atoms with E-state index in [9.17, 15) is 13.2 Å². The van der Waals surface area contributed by atoms with E-state index in [0.717, 1.165) is 17.0 Å². The summed E-state index contributed by atoms with van der Waals surface area (Å²) in [4.78, 5) is 1.05. The van der Waals surface area contributed by atoms with Gasteiger partial charge in [0.1, 0.15) is 0 Å². The van der Waals surface area contributed by atoms with Crippen LogP contribution in [0.3, 0.4) is 0 Å². The summed E-state index contributed by atoms with van der Waals surface area (Å²) >= 11 is 7.30. The van der Waals surface area contributed by atoms with Crippen LogP contribution in [0.2, 0.25) is 5.02 Å². The molecule has 0 bridgehead atoms. The minimum atomic E-state index is -4.29. The first-order chi connectivity index (χ1) is 8.95. The van der Waals surface area contributed by atoms with Gasteiger partial charge in [0.15, 0.2) is 0 Å². The Hall–Kier alpha value is -1.04. The second-order valence-electron chi connectivity index (χ2n) is 4.03. The van der Waals surface area contributed by atoms with Crippen molar-refractivity contribution in [3.05, 3.63) is 56.7 Å². The molecule has 6 heteroatoms. The van der Waals surface area contributed by atoms with E-state index in [0.29, 0.717) is 23.7 Å². The molecule has 0 amide bonds. The molecule has 1 N–H and O–H groups in total. The van der Waals surface area contributed by atoms with E-state index in [-0.39, 0.29) is 0 Å². The van der Waals surface area contributed by atoms with Crippen molar-refractivity contribution < 1.29 is 13.2 Å². The molecular weight excluding hydrogens is 295 g/mol. The minimum absolute atomic E-state index is 0.388. The number of benzene rings is 1. The fourth-order valence-electron chi connectivity index (χ4n) is 1.63. The summed E-state index contributed by atoms with van der Waals surface area (Å²) in [5.74, 6) is 0. The summed E-state index contributed by atoms with van der Waals surface area (Å²) in [6, 6.07) is 7.16. The number of alkyl halides is 3. The van der Waals surface area contributed by atoms with Gasteiger partial charge >= 0.3 is 6.18 Å². The zero-order valence-electron chi connectivity index (χ0n) is 9.80. The minimum Gasteiger partial charge on any atom is -0.308 e. The standard InChI is InChI=1S/C13H11ClF3NS/c14-11-5-12(19-8-11)7-18-6-9-2-1-3-10(4-9)13(15,16)17/h1-5,8,18H,6-7H2. The van der Waals surface area contributed by atoms with E-state index < -0.39 is 11.7 Å². The Balaban J connectivity index is 1.93. The van der Waals surface area contributed by atoms with Gasteiger partial charge in [-0.15, -0.1) is 11.3 Å². The summed E-state index contributed by atoms with van der Waals surface area (Å²) in [5.41, 5.74) is -0.0107. The van der Waals surface area contributed by atoms with Crippen LogP contribution in [0.15, 0.2) is 35.7 Å². The number of nitrogens with one attached hydrogen (secondary N) is 1. The molecule has 0 aliphatic carbocycles. The van der Waals surface area contributed by atoms with Gasteiger partial charge in [0.2, 0.25) is 0 Å². The smallest absolute Gasteiger partial charge is 0.308 e. The van der Waals surface area contributed by atoms with E-state index in [1.165, 1.54) is 17.4 Å². The van der Waals surface area contributed by atoms with Crippen LogP contribution >= 0.6 is 22.9 Å². The molecule has 1 heterocycles. The third kappa shape index (κ3) is 4.23. The molecule has 0 aliphatic heterocycles. The van der Waals surface area contributed by atoms with Crippen LogP contribution in [-0.4, -0.2) is 0 Å². The molecule has 19 heavy (non-hydrogen) atoms. The van der Waals surface area contributed by atoms with E-state index in [2.05, 4.69) is 5.32 Å². The first-order valence-electron chi connectivity index (χ1n) is 5.55. The van der Waals surface area contributed by atoms with Crippen molar-refractivity contribution in [3.8, 4) is 0 Å². The average molecular weight is 306 g/mol. The van der Waals surface area contributed by atoms with Gasteiger partial charge in [-0.25, -0.2) is 0 Å². The molecule has 0 aliphatic rings. The highest BCUT2D eigenvalue weighted by molar-refractivity contribution is 7.10. The molecule has 1 aromatic heterocycles. The highest BCUT2D eigenvalue weighted by atomic mass is 35.5. The summed E-state index contributed by atoms with van der Waals surface area (Å²) in [5, 5.41) is 5.60. The summed E-state index contributed by atoms with van der Waals surface area (Å²) in [7, 11) is 0. The topological polar surface area (TPSA) is 12.0 Å². The SMILES string of the molecule is FC(F)(F)c1cccc(CNCc2cc(Cl)cs2)c1. The molecule has 1 aromatic carbocycles. The molecule has 0 fully saturated rings. The van der Waals surface area contributed by atoms with Gasteiger partial charge in [0.05, 0.1) is 10.6 Å². The normalized spacial score (nSPS) is 11.8. The first kappa shape index (κ1) is 14.4. The Morgan fingerprint density at radius 1 is 1.16 bits per heavy atom. The van der Waals surface area contributed by atoms with Crippen LogP contribution in [-0.2, 0) is 19.3 Å². The van der Waals surface area contributed by atoms with Crippen molar-refractivity contribution in [1.82, 2.24) is 5.32 Å². The maximum absolute atomic E-state index is 12.5. The van der Waals surface area contributed by atoms with Gasteiger partial charge in [0, 0.05) is 23.3 Å². The van der Waals surface area contributed by atoms with Crippen molar-refractivity contribution in [3.63, 3.8) is 0 Å². The molecule has 1 nitrogen and oxygen atoms in total. The van der Waals surface area contributed by atoms with Crippen molar-refractivity contribution in [2.24, 2.45) is 0 Å². The molecule has 0 spiro atoms. The third-order valence-corrected chi connectivity index (χ3v) is 3.79. The van der Waals surface area contributed by atoms with Crippen LogP contribution in [0.1, 0.15) is 16.0 Å². The molecule has 0 saturated heterocycles. The lowest BCUT2D eigenvalue weighted by Crippen LogP contribution is -2.13. The monoisotopic (exact) mass is 305 g/mol. The van der Waals surface area contributed by atoms with E-state index in [1.807, 2.05) is 11.4 Å². The third-order valence-electron chi connectivity index (χ3n) is 2.50. The Kier molecular flexibility index (Phi) is 4.50. The quantitative estimate of drug-likeness (QED) is 0.862. The molecule has 0 unspecified atom stereocenters. The van der Waals surface area contributed by atoms with Gasteiger partial charge in [-0.2, -0.15) is 13.2 Å². The highest BCUT2D eigenvalue weighted by Crippen LogP contribution is 2.29. The molecular formula is C13H11ClF3NS. The molecule has 2 rings (SSSR count). The first-order valence-corrected chi connectivity index (χ1v) is 6.80. The van der Waals surface area contributed by atoms with Crippen molar-refractivity contribution >= 4 is 22.9 Å². The number of hydrogen-bond donors (Lipinski definition) is 1. The summed E-state index contributed by atoms with van der Waals surface area (Å²) in [6.07, 6.45) is -4.29. The number of rotatable bonds is 4. The van der Waals surface area contributed by atoms with Gasteiger partial charge in [-0.1, -0.05) is 29.8 Å². The maximum atomic E-state index is 12.5. The zero-order valence-corrected chi connectivity index (χ0v) is 11.4. The van der Waals surface area contributed by atoms with Gasteiger partial charge in [-0.3, -0.25) is 0 Å². The number of hydrogen-bond acceptors (Lipinski definition) is 2. The van der Waals surface area contributed by atoms with Gasteiger partial charge < -0.3 is 5.32 Å². The number of halogens is 4. The van der Waals surface area contributed by atoms with Crippen LogP contribution in [0.25, 0.3) is 0 Å². The van der Waals surface area contributed by atoms with Gasteiger partial charge in [-0.05, 0) is 17.7 Å². The zero-order chi connectivity index (χ0) is 13.9. The van der Waals surface area contributed by atoms with Crippen LogP contribution in [0.5, 0.6) is 0 Å². The fraction of sp³-hybridized carbons (Fsp3) is 0.231. The maximum Gasteiger partial charge on any atom is 0.416 e. The highest BCUT2D eigenvalue weighted by Gasteiger charge is 2.30. The second kappa shape index (κ2) is 5.94.